The van der Waals surface area contributed by atoms with Crippen molar-refractivity contribution in [3.05, 3.63) is 34.9 Å². The van der Waals surface area contributed by atoms with Crippen LogP contribution in [0, 0.1) is 19.8 Å². The molecule has 1 aromatic rings. The van der Waals surface area contributed by atoms with Crippen molar-refractivity contribution >= 4 is 11.8 Å². The Balaban J connectivity index is 2.73. The van der Waals surface area contributed by atoms with Gasteiger partial charge >= 0.3 is 5.97 Å². The van der Waals surface area contributed by atoms with Crippen LogP contribution < -0.4 is 0 Å². The van der Waals surface area contributed by atoms with E-state index in [0.29, 0.717) is 0 Å². The summed E-state index contributed by atoms with van der Waals surface area (Å²) < 4.78 is 5.25. The van der Waals surface area contributed by atoms with Crippen LogP contribution in [0.3, 0.4) is 0 Å². The standard InChI is InChI=1S/C17H24O3/c1-11-7-12(2)9-14(8-11)10-15(18)13(3)16(19)20-17(4,5)6/h7-9,13H,10H2,1-6H3. The second kappa shape index (κ2) is 6.21. The van der Waals surface area contributed by atoms with Gasteiger partial charge in [0.2, 0.25) is 0 Å². The molecule has 20 heavy (non-hydrogen) atoms. The molecule has 3 heteroatoms. The van der Waals surface area contributed by atoms with E-state index in [0.717, 1.165) is 16.7 Å². The van der Waals surface area contributed by atoms with Crippen LogP contribution in [0.25, 0.3) is 0 Å². The highest BCUT2D eigenvalue weighted by molar-refractivity contribution is 5.99. The molecular weight excluding hydrogens is 252 g/mol. The van der Waals surface area contributed by atoms with E-state index in [1.807, 2.05) is 26.0 Å². The summed E-state index contributed by atoms with van der Waals surface area (Å²) in [6.45, 7) is 11.0. The summed E-state index contributed by atoms with van der Waals surface area (Å²) in [6.07, 6.45) is 0.267. The van der Waals surface area contributed by atoms with Gasteiger partial charge in [-0.05, 0) is 47.1 Å². The van der Waals surface area contributed by atoms with Crippen molar-refractivity contribution in [3.8, 4) is 0 Å². The summed E-state index contributed by atoms with van der Waals surface area (Å²) in [5.41, 5.74) is 2.63. The molecule has 0 saturated carbocycles. The predicted octanol–water partition coefficient (Wildman–Crippen LogP) is 3.39. The number of ether oxygens (including phenoxy) is 1. The first-order valence-corrected chi connectivity index (χ1v) is 6.91. The number of hydrogen-bond donors (Lipinski definition) is 0. The Morgan fingerprint density at radius 2 is 1.60 bits per heavy atom. The molecule has 0 bridgehead atoms. The minimum atomic E-state index is -0.727. The molecule has 0 N–H and O–H groups in total. The van der Waals surface area contributed by atoms with Crippen LogP contribution in [-0.2, 0) is 20.7 Å². The monoisotopic (exact) mass is 276 g/mol. The SMILES string of the molecule is Cc1cc(C)cc(CC(=O)C(C)C(=O)OC(C)(C)C)c1. The van der Waals surface area contributed by atoms with Gasteiger partial charge < -0.3 is 4.74 Å². The fraction of sp³-hybridized carbons (Fsp3) is 0.529. The number of aryl methyl sites for hydroxylation is 2. The number of ketones is 1. The van der Waals surface area contributed by atoms with Gasteiger partial charge in [-0.2, -0.15) is 0 Å². The molecule has 0 aromatic heterocycles. The molecule has 0 aliphatic heterocycles. The van der Waals surface area contributed by atoms with Gasteiger partial charge in [-0.1, -0.05) is 29.3 Å². The van der Waals surface area contributed by atoms with E-state index in [9.17, 15) is 9.59 Å². The molecule has 0 fully saturated rings. The Bertz CT molecular complexity index is 489. The van der Waals surface area contributed by atoms with Gasteiger partial charge in [0.25, 0.3) is 0 Å². The lowest BCUT2D eigenvalue weighted by Gasteiger charge is -2.21. The quantitative estimate of drug-likeness (QED) is 0.625. The molecule has 1 rings (SSSR count). The molecule has 0 spiro atoms. The van der Waals surface area contributed by atoms with Crippen LogP contribution in [0.2, 0.25) is 0 Å². The van der Waals surface area contributed by atoms with Crippen LogP contribution in [0.15, 0.2) is 18.2 Å². The van der Waals surface area contributed by atoms with Gasteiger partial charge in [-0.15, -0.1) is 0 Å². The van der Waals surface area contributed by atoms with Gasteiger partial charge in [0, 0.05) is 6.42 Å². The molecule has 3 nitrogen and oxygen atoms in total. The number of Topliss-reactive ketones (excluding diaryl/α,β-unsaturated/α-hetero) is 1. The summed E-state index contributed by atoms with van der Waals surface area (Å²) >= 11 is 0. The zero-order valence-corrected chi connectivity index (χ0v) is 13.2. The summed E-state index contributed by atoms with van der Waals surface area (Å²) in [7, 11) is 0. The lowest BCUT2D eigenvalue weighted by molar-refractivity contribution is -0.161. The maximum Gasteiger partial charge on any atom is 0.316 e. The first kappa shape index (κ1) is 16.4. The lowest BCUT2D eigenvalue weighted by atomic mass is 9.97. The van der Waals surface area contributed by atoms with Crippen LogP contribution in [0.4, 0.5) is 0 Å². The predicted molar refractivity (Wildman–Crippen MR) is 79.6 cm³/mol. The van der Waals surface area contributed by atoms with Gasteiger partial charge in [-0.3, -0.25) is 9.59 Å². The fourth-order valence-electron chi connectivity index (χ4n) is 2.05. The van der Waals surface area contributed by atoms with Crippen LogP contribution >= 0.6 is 0 Å². The zero-order valence-electron chi connectivity index (χ0n) is 13.2. The summed E-state index contributed by atoms with van der Waals surface area (Å²) in [5, 5.41) is 0. The Hall–Kier alpha value is -1.64. The maximum absolute atomic E-state index is 12.2. The zero-order chi connectivity index (χ0) is 15.5. The largest absolute Gasteiger partial charge is 0.459 e. The molecule has 0 radical (unpaired) electrons. The minimum absolute atomic E-state index is 0.107. The Morgan fingerprint density at radius 3 is 2.05 bits per heavy atom. The molecule has 0 heterocycles. The van der Waals surface area contributed by atoms with Crippen molar-refractivity contribution in [3.63, 3.8) is 0 Å². The molecule has 110 valence electrons. The van der Waals surface area contributed by atoms with Crippen molar-refractivity contribution in [2.75, 3.05) is 0 Å². The number of carbonyl (C=O) groups excluding carboxylic acids is 2. The minimum Gasteiger partial charge on any atom is -0.459 e. The van der Waals surface area contributed by atoms with Crippen LogP contribution in [0.1, 0.15) is 44.4 Å². The van der Waals surface area contributed by atoms with Crippen molar-refractivity contribution in [1.82, 2.24) is 0 Å². The van der Waals surface area contributed by atoms with E-state index in [2.05, 4.69) is 6.07 Å². The maximum atomic E-state index is 12.2. The normalized spacial score (nSPS) is 12.9. The number of hydrogen-bond acceptors (Lipinski definition) is 3. The second-order valence-electron chi connectivity index (χ2n) is 6.39. The molecule has 1 unspecified atom stereocenters. The van der Waals surface area contributed by atoms with Gasteiger partial charge in [-0.25, -0.2) is 0 Å². The third-order valence-corrected chi connectivity index (χ3v) is 2.90. The Morgan fingerprint density at radius 1 is 1.10 bits per heavy atom. The van der Waals surface area contributed by atoms with E-state index in [1.165, 1.54) is 0 Å². The number of esters is 1. The number of rotatable bonds is 4. The highest BCUT2D eigenvalue weighted by Crippen LogP contribution is 2.15. The third kappa shape index (κ3) is 5.16. The molecule has 0 aliphatic carbocycles. The first-order valence-electron chi connectivity index (χ1n) is 6.91. The third-order valence-electron chi connectivity index (χ3n) is 2.90. The summed E-state index contributed by atoms with van der Waals surface area (Å²) in [4.78, 5) is 24.0. The second-order valence-corrected chi connectivity index (χ2v) is 6.39. The fourth-order valence-corrected chi connectivity index (χ4v) is 2.05. The average molecular weight is 276 g/mol. The van der Waals surface area contributed by atoms with E-state index in [4.69, 9.17) is 4.74 Å². The highest BCUT2D eigenvalue weighted by atomic mass is 16.6. The summed E-state index contributed by atoms with van der Waals surface area (Å²) in [5.74, 6) is -1.29. The molecule has 0 saturated heterocycles. The Labute approximate surface area is 121 Å². The van der Waals surface area contributed by atoms with E-state index in [-0.39, 0.29) is 12.2 Å². The van der Waals surface area contributed by atoms with Crippen molar-refractivity contribution in [2.24, 2.45) is 5.92 Å². The summed E-state index contributed by atoms with van der Waals surface area (Å²) in [6, 6.07) is 6.02. The number of benzene rings is 1. The molecular formula is C17H24O3. The first-order chi connectivity index (χ1) is 9.08. The van der Waals surface area contributed by atoms with Gasteiger partial charge in [0.1, 0.15) is 11.5 Å². The molecule has 1 atom stereocenters. The van der Waals surface area contributed by atoms with Crippen molar-refractivity contribution < 1.29 is 14.3 Å². The Kier molecular flexibility index (Phi) is 5.09. The van der Waals surface area contributed by atoms with Crippen molar-refractivity contribution in [2.45, 2.75) is 53.6 Å². The van der Waals surface area contributed by atoms with E-state index < -0.39 is 17.5 Å². The van der Waals surface area contributed by atoms with Crippen LogP contribution in [0.5, 0.6) is 0 Å². The van der Waals surface area contributed by atoms with E-state index >= 15 is 0 Å². The van der Waals surface area contributed by atoms with Gasteiger partial charge in [0.05, 0.1) is 0 Å². The smallest absolute Gasteiger partial charge is 0.316 e. The molecule has 1 aromatic carbocycles. The average Bonchev–Trinajstić information content (AvgIpc) is 2.23. The lowest BCUT2D eigenvalue weighted by Crippen LogP contribution is -2.31. The topological polar surface area (TPSA) is 43.4 Å². The highest BCUT2D eigenvalue weighted by Gasteiger charge is 2.26. The molecule has 0 amide bonds. The van der Waals surface area contributed by atoms with Crippen molar-refractivity contribution in [1.29, 1.82) is 0 Å². The van der Waals surface area contributed by atoms with E-state index in [1.54, 1.807) is 27.7 Å². The van der Waals surface area contributed by atoms with Crippen LogP contribution in [-0.4, -0.2) is 17.4 Å². The molecule has 0 aliphatic rings. The van der Waals surface area contributed by atoms with Gasteiger partial charge in [0.15, 0.2) is 5.78 Å². The number of carbonyl (C=O) groups is 2.